The van der Waals surface area contributed by atoms with E-state index in [1.165, 1.54) is 54.6 Å². The number of fused-ring (bicyclic) bond motifs is 1. The SMILES string of the molecule is COC(=O)[C@H](CSC/C=C(\C)CC/C=C(/C)CCC=C(C)C)NC(=O)[C@H](C)NC(=O)[C@@H]1CCCN1C(=O)[C@H](CC(=O)O)NC(=O)[C@H](Cc1c[nH]c2ccccc12)NC(=O)[C@H](Cc1ccccc1)NC(=O)[C@@H](NC(=O)CNC(=O)[C@H](CCCCN)NC(=O)[C@@H](N)Cc1ccc(O)cc1)C(C)C. The van der Waals surface area contributed by atoms with Gasteiger partial charge in [-0.1, -0.05) is 109 Å². The number of aliphatic carboxylic acids is 1. The van der Waals surface area contributed by atoms with E-state index in [0.717, 1.165) is 30.6 Å². The van der Waals surface area contributed by atoms with Crippen LogP contribution in [0.4, 0.5) is 0 Å². The molecular formula is C73H102N12O14S. The Labute approximate surface area is 589 Å². The fraction of sp³-hybridized carbons (Fsp3) is 0.493. The van der Waals surface area contributed by atoms with Gasteiger partial charge < -0.3 is 78.8 Å². The smallest absolute Gasteiger partial charge is 0.329 e. The second kappa shape index (κ2) is 41.9. The number of ether oxygens (including phenoxy) is 1. The second-order valence-corrected chi connectivity index (χ2v) is 26.9. The Bertz CT molecular complexity index is 3520. The number of thioether (sulfide) groups is 1. The van der Waals surface area contributed by atoms with Crippen molar-refractivity contribution in [2.24, 2.45) is 17.4 Å². The quantitative estimate of drug-likeness (QED) is 0.0167. The molecule has 2 heterocycles. The van der Waals surface area contributed by atoms with E-state index >= 15 is 0 Å². The number of phenols is 1. The number of nitrogens with two attached hydrogens (primary N) is 2. The molecule has 5 rings (SSSR count). The van der Waals surface area contributed by atoms with Gasteiger partial charge in [0.2, 0.25) is 53.2 Å². The molecule has 100 heavy (non-hydrogen) atoms. The molecule has 0 unspecified atom stereocenters. The number of H-pyrrole nitrogens is 1. The molecule has 4 aromatic rings. The summed E-state index contributed by atoms with van der Waals surface area (Å²) in [7, 11) is 1.20. The monoisotopic (exact) mass is 1400 g/mol. The van der Waals surface area contributed by atoms with E-state index in [9.17, 15) is 63.0 Å². The number of carbonyl (C=O) groups is 11. The number of rotatable bonds is 41. The van der Waals surface area contributed by atoms with Crippen molar-refractivity contribution in [2.75, 3.05) is 38.2 Å². The Kier molecular flexibility index (Phi) is 34.1. The van der Waals surface area contributed by atoms with Gasteiger partial charge in [-0.25, -0.2) is 4.79 Å². The average molecular weight is 1400 g/mol. The maximum Gasteiger partial charge on any atom is 0.329 e. The zero-order valence-corrected chi connectivity index (χ0v) is 59.4. The lowest BCUT2D eigenvalue weighted by Crippen LogP contribution is -2.61. The number of methoxy groups -OCH3 is 1. The van der Waals surface area contributed by atoms with Crippen molar-refractivity contribution in [3.63, 3.8) is 0 Å². The minimum atomic E-state index is -1.79. The Morgan fingerprint density at radius 1 is 0.670 bits per heavy atom. The largest absolute Gasteiger partial charge is 0.508 e. The molecule has 9 atom stereocenters. The third-order valence-electron chi connectivity index (χ3n) is 17.0. The number of carboxylic acid groups (broad SMARTS) is 1. The highest BCUT2D eigenvalue weighted by molar-refractivity contribution is 7.99. The lowest BCUT2D eigenvalue weighted by Gasteiger charge is -2.30. The number of nitrogens with one attached hydrogen (secondary N) is 9. The lowest BCUT2D eigenvalue weighted by molar-refractivity contribution is -0.146. The first-order valence-corrected chi connectivity index (χ1v) is 35.2. The number of carboxylic acids is 1. The standard InChI is InChI=1S/C73H102N12O14S/c1-44(2)19-16-20-46(5)21-17-22-47(6)33-36-100-43-60(73(98)99-8)83-65(90)48(7)78-70(95)61-28-18-35-85(61)72(97)59(40-63(88)89)82-69(94)58(39-51-41-76-55-26-13-12-25-53(51)55)80-68(93)57(38-49-23-10-9-11-24-49)81-71(96)64(45(3)4)84-62(87)42-77-67(92)56(27-14-15-34-74)79-66(91)54(75)37-50-29-31-52(86)32-30-50/h9-13,19,21,23-26,29-33,41,45,48,54,56-61,64,76,86H,14-18,20,22,27-28,34-40,42-43,74-75H2,1-8H3,(H,77,92)(H,78,95)(H,79,91)(H,80,93)(H,81,96)(H,82,94)(H,83,90)(H,84,87)(H,88,89)/b46-21-,47-33+/t48-,54-,56-,57-,58-,59-,60-,61-,64-/m0/s1. The first-order chi connectivity index (χ1) is 47.7. The van der Waals surface area contributed by atoms with Crippen LogP contribution in [0.15, 0.2) is 120 Å². The number of phenolic OH excluding ortho intramolecular Hbond substituents is 1. The highest BCUT2D eigenvalue weighted by Crippen LogP contribution is 2.23. The Hall–Kier alpha value is -9.34. The minimum Gasteiger partial charge on any atom is -0.508 e. The molecule has 15 N–H and O–H groups in total. The van der Waals surface area contributed by atoms with Crippen LogP contribution in [0.1, 0.15) is 129 Å². The van der Waals surface area contributed by atoms with Gasteiger partial charge in [0.25, 0.3) is 0 Å². The number of para-hydroxylation sites is 1. The van der Waals surface area contributed by atoms with Crippen LogP contribution in [-0.2, 0) is 76.7 Å². The minimum absolute atomic E-state index is 0.0231. The average Bonchev–Trinajstić information content (AvgIpc) is 1.62. The van der Waals surface area contributed by atoms with Crippen molar-refractivity contribution in [3.8, 4) is 5.75 Å². The van der Waals surface area contributed by atoms with Gasteiger partial charge in [-0.3, -0.25) is 47.9 Å². The number of amides is 9. The molecule has 0 aliphatic carbocycles. The number of unbranched alkanes of at least 4 members (excludes halogenated alkanes) is 1. The van der Waals surface area contributed by atoms with Crippen LogP contribution in [0, 0.1) is 5.92 Å². The van der Waals surface area contributed by atoms with Crippen molar-refractivity contribution in [3.05, 3.63) is 137 Å². The van der Waals surface area contributed by atoms with E-state index in [1.54, 1.807) is 86.8 Å². The zero-order valence-electron chi connectivity index (χ0n) is 58.6. The van der Waals surface area contributed by atoms with Crippen molar-refractivity contribution >= 4 is 87.8 Å². The molecule has 1 aliphatic rings. The van der Waals surface area contributed by atoms with Crippen LogP contribution < -0.4 is 54.0 Å². The molecule has 9 amide bonds. The molecular weight excluding hydrogens is 1300 g/mol. The van der Waals surface area contributed by atoms with Gasteiger partial charge in [-0.15, -0.1) is 0 Å². The molecule has 0 saturated carbocycles. The molecule has 27 heteroatoms. The molecule has 0 bridgehead atoms. The van der Waals surface area contributed by atoms with Crippen molar-refractivity contribution in [1.82, 2.24) is 52.4 Å². The summed E-state index contributed by atoms with van der Waals surface area (Å²) >= 11 is 1.42. The van der Waals surface area contributed by atoms with Crippen LogP contribution >= 0.6 is 11.8 Å². The molecule has 1 aromatic heterocycles. The Morgan fingerprint density at radius 2 is 1.28 bits per heavy atom. The van der Waals surface area contributed by atoms with E-state index in [-0.39, 0.29) is 50.2 Å². The summed E-state index contributed by atoms with van der Waals surface area (Å²) in [6, 6.07) is 10.2. The molecule has 1 saturated heterocycles. The number of esters is 1. The van der Waals surface area contributed by atoms with E-state index in [2.05, 4.69) is 86.5 Å². The number of allylic oxidation sites excluding steroid dienone is 5. The predicted molar refractivity (Wildman–Crippen MR) is 384 cm³/mol. The topological polar surface area (TPSA) is 405 Å². The van der Waals surface area contributed by atoms with E-state index in [4.69, 9.17) is 16.2 Å². The number of nitrogens with zero attached hydrogens (tertiary/aromatic N) is 1. The third-order valence-corrected chi connectivity index (χ3v) is 18.0. The summed E-state index contributed by atoms with van der Waals surface area (Å²) in [6.45, 7) is 12.7. The van der Waals surface area contributed by atoms with Crippen molar-refractivity contribution < 1.29 is 67.7 Å². The molecule has 0 spiro atoms. The van der Waals surface area contributed by atoms with Crippen molar-refractivity contribution in [1.29, 1.82) is 0 Å². The van der Waals surface area contributed by atoms with Gasteiger partial charge in [0, 0.05) is 48.0 Å². The normalized spacial score (nSPS) is 15.5. The number of aromatic nitrogens is 1. The summed E-state index contributed by atoms with van der Waals surface area (Å²) in [5, 5.41) is 41.8. The van der Waals surface area contributed by atoms with Gasteiger partial charge in [-0.05, 0) is 146 Å². The van der Waals surface area contributed by atoms with Crippen LogP contribution in [-0.4, -0.2) is 178 Å². The number of aromatic amines is 1. The Morgan fingerprint density at radius 3 is 1.94 bits per heavy atom. The number of hydrogen-bond donors (Lipinski definition) is 13. The van der Waals surface area contributed by atoms with Gasteiger partial charge in [0.05, 0.1) is 26.1 Å². The number of hydrogen-bond acceptors (Lipinski definition) is 16. The van der Waals surface area contributed by atoms with Gasteiger partial charge in [0.15, 0.2) is 0 Å². The third kappa shape index (κ3) is 27.4. The first kappa shape index (κ1) is 81.3. The number of aromatic hydroxyl groups is 1. The van der Waals surface area contributed by atoms with E-state index in [0.29, 0.717) is 59.2 Å². The summed E-state index contributed by atoms with van der Waals surface area (Å²) in [5.74, 6) is -9.18. The summed E-state index contributed by atoms with van der Waals surface area (Å²) < 4.78 is 4.99. The highest BCUT2D eigenvalue weighted by Gasteiger charge is 2.41. The lowest BCUT2D eigenvalue weighted by atomic mass is 9.99. The molecule has 1 fully saturated rings. The fourth-order valence-corrected chi connectivity index (χ4v) is 12.2. The maximum atomic E-state index is 14.9. The fourth-order valence-electron chi connectivity index (χ4n) is 11.3. The summed E-state index contributed by atoms with van der Waals surface area (Å²) in [4.78, 5) is 157. The number of carbonyl (C=O) groups excluding carboxylic acids is 10. The number of benzene rings is 3. The Balaban J connectivity index is 1.28. The van der Waals surface area contributed by atoms with Gasteiger partial charge >= 0.3 is 11.9 Å². The predicted octanol–water partition coefficient (Wildman–Crippen LogP) is 4.33. The van der Waals surface area contributed by atoms with E-state index in [1.807, 2.05) is 6.92 Å². The molecule has 26 nitrogen and oxygen atoms in total. The van der Waals surface area contributed by atoms with Gasteiger partial charge in [0.1, 0.15) is 54.1 Å². The van der Waals surface area contributed by atoms with Gasteiger partial charge in [-0.2, -0.15) is 11.8 Å². The summed E-state index contributed by atoms with van der Waals surface area (Å²) in [6.07, 6.45) is 12.3. The second-order valence-electron chi connectivity index (χ2n) is 25.9. The zero-order chi connectivity index (χ0) is 73.4. The van der Waals surface area contributed by atoms with Crippen LogP contribution in [0.3, 0.4) is 0 Å². The molecule has 3 aromatic carbocycles. The van der Waals surface area contributed by atoms with E-state index < -0.39 is 138 Å². The molecule has 0 radical (unpaired) electrons. The van der Waals surface area contributed by atoms with Crippen LogP contribution in [0.2, 0.25) is 0 Å². The summed E-state index contributed by atoms with van der Waals surface area (Å²) in [5.41, 5.74) is 18.2. The maximum absolute atomic E-state index is 14.9. The van der Waals surface area contributed by atoms with Crippen LogP contribution in [0.5, 0.6) is 5.75 Å². The first-order valence-electron chi connectivity index (χ1n) is 34.0. The van der Waals surface area contributed by atoms with Crippen molar-refractivity contribution in [2.45, 2.75) is 186 Å². The molecule has 1 aliphatic heterocycles. The van der Waals surface area contributed by atoms with Crippen LogP contribution in [0.25, 0.3) is 10.9 Å². The highest BCUT2D eigenvalue weighted by atomic mass is 32.2. The molecule has 544 valence electrons. The number of likely N-dealkylation sites (tertiary alicyclic amines) is 1.